The third kappa shape index (κ3) is 2.67. The first-order chi connectivity index (χ1) is 10.8. The zero-order valence-electron chi connectivity index (χ0n) is 12.2. The van der Waals surface area contributed by atoms with Crippen LogP contribution in [0.4, 0.5) is 0 Å². The maximum Gasteiger partial charge on any atom is 0.173 e. The Hall–Kier alpha value is -1.01. The second-order valence-corrected chi connectivity index (χ2v) is 7.31. The van der Waals surface area contributed by atoms with Crippen LogP contribution < -0.4 is 9.61 Å². The van der Waals surface area contributed by atoms with Crippen molar-refractivity contribution < 1.29 is 4.29 Å². The van der Waals surface area contributed by atoms with E-state index in [2.05, 4.69) is 26.7 Å². The number of halogens is 1. The summed E-state index contributed by atoms with van der Waals surface area (Å²) < 4.78 is 7.48. The van der Waals surface area contributed by atoms with Crippen molar-refractivity contribution >= 4 is 34.6 Å². The molecule has 1 aromatic heterocycles. The summed E-state index contributed by atoms with van der Waals surface area (Å²) in [6.45, 7) is 4.61. The predicted octanol–water partition coefficient (Wildman–Crippen LogP) is 3.32. The zero-order valence-corrected chi connectivity index (χ0v) is 13.7. The Bertz CT molecular complexity index is 664. The van der Waals surface area contributed by atoms with Crippen molar-refractivity contribution in [3.63, 3.8) is 0 Å². The van der Waals surface area contributed by atoms with Crippen molar-refractivity contribution in [2.45, 2.75) is 11.3 Å². The third-order valence-corrected chi connectivity index (χ3v) is 5.92. The van der Waals surface area contributed by atoms with Gasteiger partial charge in [0.15, 0.2) is 5.75 Å². The van der Waals surface area contributed by atoms with Crippen LogP contribution >= 0.6 is 23.8 Å². The van der Waals surface area contributed by atoms with Crippen molar-refractivity contribution in [1.29, 1.82) is 0 Å². The Balaban J connectivity index is 1.62. The van der Waals surface area contributed by atoms with Gasteiger partial charge in [-0.1, -0.05) is 12.1 Å². The van der Waals surface area contributed by atoms with E-state index < -0.39 is 0 Å². The lowest BCUT2D eigenvalue weighted by molar-refractivity contribution is 0.318. The van der Waals surface area contributed by atoms with E-state index in [-0.39, 0.29) is 0 Å². The minimum absolute atomic E-state index is 0.626. The van der Waals surface area contributed by atoms with Crippen molar-refractivity contribution in [2.75, 3.05) is 26.2 Å². The molecule has 0 aliphatic carbocycles. The Morgan fingerprint density at radius 1 is 1.27 bits per heavy atom. The third-order valence-electron chi connectivity index (χ3n) is 4.66. The number of rotatable bonds is 3. The minimum Gasteiger partial charge on any atom is -0.383 e. The molecule has 4 rings (SSSR count). The quantitative estimate of drug-likeness (QED) is 0.871. The van der Waals surface area contributed by atoms with Crippen molar-refractivity contribution in [1.82, 2.24) is 14.6 Å². The van der Waals surface area contributed by atoms with Crippen molar-refractivity contribution in [3.8, 4) is 5.75 Å². The number of benzene rings is 1. The Morgan fingerprint density at radius 2 is 2.18 bits per heavy atom. The van der Waals surface area contributed by atoms with Crippen molar-refractivity contribution in [2.24, 2.45) is 11.8 Å². The highest BCUT2D eigenvalue weighted by Crippen LogP contribution is 2.40. The molecule has 1 aromatic carbocycles. The van der Waals surface area contributed by atoms with E-state index in [0.717, 1.165) is 48.8 Å². The number of nitrogens with zero attached hydrogens (tertiary/aromatic N) is 2. The molecule has 116 valence electrons. The molecule has 0 amide bonds. The lowest BCUT2D eigenvalue weighted by atomic mass is 9.90. The highest BCUT2D eigenvalue weighted by Gasteiger charge is 2.34. The van der Waals surface area contributed by atoms with Gasteiger partial charge in [-0.15, -0.1) is 0 Å². The van der Waals surface area contributed by atoms with Crippen LogP contribution in [0.3, 0.4) is 0 Å². The lowest BCUT2D eigenvalue weighted by Gasteiger charge is -2.24. The summed E-state index contributed by atoms with van der Waals surface area (Å²) in [4.78, 5) is 5.36. The fourth-order valence-electron chi connectivity index (χ4n) is 3.55. The van der Waals surface area contributed by atoms with Crippen molar-refractivity contribution in [3.05, 3.63) is 30.6 Å². The number of nitrogens with one attached hydrogen (secondary N) is 1. The summed E-state index contributed by atoms with van der Waals surface area (Å²) in [6, 6.07) is 6.24. The SMILES string of the molecule is ClOc1cncc2cccc(SN3CC4CCNCC4C3)c12. The van der Waals surface area contributed by atoms with Crippen LogP contribution in [0, 0.1) is 11.8 Å². The largest absolute Gasteiger partial charge is 0.383 e. The Labute approximate surface area is 139 Å². The van der Waals surface area contributed by atoms with Gasteiger partial charge in [0.1, 0.15) is 11.9 Å². The van der Waals surface area contributed by atoms with Gasteiger partial charge in [-0.05, 0) is 49.4 Å². The first kappa shape index (κ1) is 14.6. The van der Waals surface area contributed by atoms with Gasteiger partial charge in [-0.2, -0.15) is 0 Å². The van der Waals surface area contributed by atoms with Gasteiger partial charge >= 0.3 is 0 Å². The molecule has 2 aliphatic rings. The second-order valence-electron chi connectivity index (χ2n) is 6.02. The maximum atomic E-state index is 5.62. The number of hydrogen-bond acceptors (Lipinski definition) is 5. The summed E-state index contributed by atoms with van der Waals surface area (Å²) in [5.74, 6) is 2.23. The molecular formula is C16H18ClN3OS. The summed E-state index contributed by atoms with van der Waals surface area (Å²) in [5, 5.41) is 5.61. The van der Waals surface area contributed by atoms with Crippen LogP contribution in [0.1, 0.15) is 6.42 Å². The van der Waals surface area contributed by atoms with E-state index in [0.29, 0.717) is 5.75 Å². The summed E-state index contributed by atoms with van der Waals surface area (Å²) in [7, 11) is 0. The molecule has 2 aliphatic heterocycles. The monoisotopic (exact) mass is 335 g/mol. The maximum absolute atomic E-state index is 5.62. The number of aromatic nitrogens is 1. The van der Waals surface area contributed by atoms with Gasteiger partial charge in [0.2, 0.25) is 0 Å². The van der Waals surface area contributed by atoms with E-state index in [9.17, 15) is 0 Å². The predicted molar refractivity (Wildman–Crippen MR) is 90.1 cm³/mol. The first-order valence-corrected chi connectivity index (χ1v) is 8.72. The summed E-state index contributed by atoms with van der Waals surface area (Å²) in [6.07, 6.45) is 4.82. The van der Waals surface area contributed by atoms with Crippen LogP contribution in [0.2, 0.25) is 0 Å². The normalized spacial score (nSPS) is 25.3. The van der Waals surface area contributed by atoms with Crippen LogP contribution in [-0.2, 0) is 0 Å². The smallest absolute Gasteiger partial charge is 0.173 e. The molecule has 0 radical (unpaired) electrons. The van der Waals surface area contributed by atoms with Crippen LogP contribution in [-0.4, -0.2) is 35.5 Å². The first-order valence-electron chi connectivity index (χ1n) is 7.64. The molecule has 3 heterocycles. The van der Waals surface area contributed by atoms with Gasteiger partial charge in [-0.3, -0.25) is 4.98 Å². The molecule has 2 atom stereocenters. The van der Waals surface area contributed by atoms with E-state index >= 15 is 0 Å². The lowest BCUT2D eigenvalue weighted by Crippen LogP contribution is -2.35. The van der Waals surface area contributed by atoms with Crippen LogP contribution in [0.15, 0.2) is 35.5 Å². The van der Waals surface area contributed by atoms with E-state index in [1.54, 1.807) is 6.20 Å². The number of piperidine rings is 1. The Morgan fingerprint density at radius 3 is 3.05 bits per heavy atom. The average Bonchev–Trinajstić information content (AvgIpc) is 2.96. The topological polar surface area (TPSA) is 37.4 Å². The summed E-state index contributed by atoms with van der Waals surface area (Å²) in [5.41, 5.74) is 0. The Kier molecular flexibility index (Phi) is 4.13. The van der Waals surface area contributed by atoms with Gasteiger partial charge in [0.25, 0.3) is 0 Å². The van der Waals surface area contributed by atoms with E-state index in [1.165, 1.54) is 11.3 Å². The molecule has 2 saturated heterocycles. The standard InChI is InChI=1S/C16H18ClN3OS/c17-21-14-8-19-6-11-2-1-3-15(16(11)14)22-20-9-12-4-5-18-7-13(12)10-20/h1-3,6,8,12-13,18H,4-5,7,9-10H2. The molecule has 2 unspecified atom stereocenters. The summed E-state index contributed by atoms with van der Waals surface area (Å²) >= 11 is 7.44. The number of hydrogen-bond donors (Lipinski definition) is 1. The highest BCUT2D eigenvalue weighted by molar-refractivity contribution is 7.97. The average molecular weight is 336 g/mol. The van der Waals surface area contributed by atoms with Gasteiger partial charge < -0.3 is 9.61 Å². The van der Waals surface area contributed by atoms with Gasteiger partial charge in [-0.25, -0.2) is 4.31 Å². The molecular weight excluding hydrogens is 318 g/mol. The molecule has 0 saturated carbocycles. The molecule has 1 N–H and O–H groups in total. The van der Waals surface area contributed by atoms with Crippen LogP contribution in [0.5, 0.6) is 5.75 Å². The minimum atomic E-state index is 0.626. The van der Waals surface area contributed by atoms with Gasteiger partial charge in [0, 0.05) is 35.0 Å². The molecule has 4 nitrogen and oxygen atoms in total. The molecule has 6 heteroatoms. The zero-order chi connectivity index (χ0) is 14.9. The molecule has 2 aromatic rings. The highest BCUT2D eigenvalue weighted by atomic mass is 35.5. The molecule has 22 heavy (non-hydrogen) atoms. The fourth-order valence-corrected chi connectivity index (χ4v) is 4.92. The molecule has 0 bridgehead atoms. The number of pyridine rings is 1. The number of fused-ring (bicyclic) bond motifs is 2. The second kappa shape index (κ2) is 6.24. The van der Waals surface area contributed by atoms with Crippen LogP contribution in [0.25, 0.3) is 10.8 Å². The molecule has 0 spiro atoms. The fraction of sp³-hybridized carbons (Fsp3) is 0.438. The van der Waals surface area contributed by atoms with Gasteiger partial charge in [0.05, 0.1) is 6.20 Å². The molecule has 2 fully saturated rings. The van der Waals surface area contributed by atoms with E-state index in [1.807, 2.05) is 24.2 Å². The van der Waals surface area contributed by atoms with E-state index in [4.69, 9.17) is 16.2 Å².